The van der Waals surface area contributed by atoms with Crippen LogP contribution in [0.15, 0.2) is 28.3 Å². The van der Waals surface area contributed by atoms with Crippen molar-refractivity contribution >= 4 is 15.9 Å². The van der Waals surface area contributed by atoms with E-state index in [-0.39, 0.29) is 5.84 Å². The fourth-order valence-corrected chi connectivity index (χ4v) is 2.72. The standard InChI is InChI=1S/C10H13F2N3O3S/c1-6(10(13)14-16)15(2)19(17,18)9-5-7(11)3-4-8(9)12/h3-6,16H,1-2H3,(H2,13,14). The largest absolute Gasteiger partial charge is 0.409 e. The van der Waals surface area contributed by atoms with Gasteiger partial charge in [-0.3, -0.25) is 0 Å². The second-order valence-electron chi connectivity index (χ2n) is 3.80. The second kappa shape index (κ2) is 5.49. The summed E-state index contributed by atoms with van der Waals surface area (Å²) in [5, 5.41) is 11.2. The number of benzene rings is 1. The predicted molar refractivity (Wildman–Crippen MR) is 64.2 cm³/mol. The molecule has 0 saturated carbocycles. The van der Waals surface area contributed by atoms with Crippen LogP contribution in [0.4, 0.5) is 8.78 Å². The first-order valence-electron chi connectivity index (χ1n) is 5.12. The van der Waals surface area contributed by atoms with Crippen LogP contribution in [-0.2, 0) is 10.0 Å². The first-order chi connectivity index (χ1) is 8.71. The van der Waals surface area contributed by atoms with Gasteiger partial charge in [-0.25, -0.2) is 17.2 Å². The van der Waals surface area contributed by atoms with Gasteiger partial charge < -0.3 is 10.9 Å². The predicted octanol–water partition coefficient (Wildman–Crippen LogP) is 0.720. The number of rotatable bonds is 4. The highest BCUT2D eigenvalue weighted by atomic mass is 32.2. The van der Waals surface area contributed by atoms with E-state index in [9.17, 15) is 17.2 Å². The molecule has 1 aromatic rings. The Kier molecular flexibility index (Phi) is 4.43. The summed E-state index contributed by atoms with van der Waals surface area (Å²) < 4.78 is 51.4. The first kappa shape index (κ1) is 15.3. The Hall–Kier alpha value is -1.74. The zero-order valence-corrected chi connectivity index (χ0v) is 11.0. The van der Waals surface area contributed by atoms with Crippen molar-refractivity contribution in [1.82, 2.24) is 4.31 Å². The van der Waals surface area contributed by atoms with Crippen molar-refractivity contribution in [2.24, 2.45) is 10.9 Å². The van der Waals surface area contributed by atoms with E-state index in [0.717, 1.165) is 13.1 Å². The minimum atomic E-state index is -4.30. The molecule has 0 spiro atoms. The van der Waals surface area contributed by atoms with Gasteiger partial charge in [0, 0.05) is 7.05 Å². The Bertz CT molecular complexity index is 604. The van der Waals surface area contributed by atoms with Gasteiger partial charge >= 0.3 is 0 Å². The van der Waals surface area contributed by atoms with Gasteiger partial charge in [0.2, 0.25) is 10.0 Å². The van der Waals surface area contributed by atoms with Crippen LogP contribution in [-0.4, -0.2) is 36.9 Å². The Morgan fingerprint density at radius 3 is 2.58 bits per heavy atom. The Morgan fingerprint density at radius 2 is 2.05 bits per heavy atom. The molecule has 1 aromatic carbocycles. The molecule has 0 heterocycles. The molecule has 9 heteroatoms. The third kappa shape index (κ3) is 2.99. The number of nitrogens with two attached hydrogens (primary N) is 1. The first-order valence-corrected chi connectivity index (χ1v) is 6.56. The maximum atomic E-state index is 13.5. The summed E-state index contributed by atoms with van der Waals surface area (Å²) in [6.07, 6.45) is 0. The number of nitrogens with zero attached hydrogens (tertiary/aromatic N) is 2. The molecule has 6 nitrogen and oxygen atoms in total. The minimum Gasteiger partial charge on any atom is -0.409 e. The van der Waals surface area contributed by atoms with Crippen LogP contribution >= 0.6 is 0 Å². The molecule has 0 aliphatic heterocycles. The van der Waals surface area contributed by atoms with Crippen LogP contribution in [0.25, 0.3) is 0 Å². The number of hydrogen-bond acceptors (Lipinski definition) is 4. The third-order valence-corrected chi connectivity index (χ3v) is 4.58. The van der Waals surface area contributed by atoms with Gasteiger partial charge in [-0.1, -0.05) is 5.16 Å². The fourth-order valence-electron chi connectivity index (χ4n) is 1.31. The average Bonchev–Trinajstić information content (AvgIpc) is 2.38. The Labute approximate surface area is 109 Å². The van der Waals surface area contributed by atoms with Gasteiger partial charge in [-0.05, 0) is 25.1 Å². The molecule has 0 aromatic heterocycles. The molecule has 0 amide bonds. The van der Waals surface area contributed by atoms with E-state index in [1.807, 2.05) is 0 Å². The van der Waals surface area contributed by atoms with Crippen LogP contribution in [0.3, 0.4) is 0 Å². The number of sulfonamides is 1. The SMILES string of the molecule is CC(C(N)=NO)N(C)S(=O)(=O)c1cc(F)ccc1F. The summed E-state index contributed by atoms with van der Waals surface area (Å²) in [4.78, 5) is -0.812. The average molecular weight is 293 g/mol. The molecule has 1 unspecified atom stereocenters. The molecule has 0 radical (unpaired) electrons. The summed E-state index contributed by atoms with van der Waals surface area (Å²) in [5.41, 5.74) is 5.29. The molecular formula is C10H13F2N3O3S. The second-order valence-corrected chi connectivity index (χ2v) is 5.76. The van der Waals surface area contributed by atoms with Gasteiger partial charge in [-0.2, -0.15) is 4.31 Å². The van der Waals surface area contributed by atoms with Gasteiger partial charge in [0.1, 0.15) is 16.5 Å². The maximum Gasteiger partial charge on any atom is 0.246 e. The van der Waals surface area contributed by atoms with Crippen molar-refractivity contribution in [3.05, 3.63) is 29.8 Å². The molecule has 106 valence electrons. The molecule has 0 bridgehead atoms. The molecule has 0 aliphatic rings. The zero-order chi connectivity index (χ0) is 14.8. The number of oxime groups is 1. The van der Waals surface area contributed by atoms with Crippen molar-refractivity contribution in [2.45, 2.75) is 17.9 Å². The highest BCUT2D eigenvalue weighted by molar-refractivity contribution is 7.89. The quantitative estimate of drug-likeness (QED) is 0.370. The summed E-state index contributed by atoms with van der Waals surface area (Å²) in [6, 6.07) is 1.07. The molecule has 0 saturated heterocycles. The molecule has 0 aliphatic carbocycles. The maximum absolute atomic E-state index is 13.5. The monoisotopic (exact) mass is 293 g/mol. The molecule has 3 N–H and O–H groups in total. The summed E-state index contributed by atoms with van der Waals surface area (Å²) in [6.45, 7) is 1.34. The van der Waals surface area contributed by atoms with Crippen molar-refractivity contribution in [2.75, 3.05) is 7.05 Å². The van der Waals surface area contributed by atoms with Crippen molar-refractivity contribution < 1.29 is 22.4 Å². The summed E-state index contributed by atoms with van der Waals surface area (Å²) in [5.74, 6) is -2.34. The number of likely N-dealkylation sites (N-methyl/N-ethyl adjacent to an activating group) is 1. The Balaban J connectivity index is 3.28. The number of amidine groups is 1. The highest BCUT2D eigenvalue weighted by Crippen LogP contribution is 2.21. The molecular weight excluding hydrogens is 280 g/mol. The topological polar surface area (TPSA) is 96.0 Å². The summed E-state index contributed by atoms with van der Waals surface area (Å²) in [7, 11) is -3.19. The Morgan fingerprint density at radius 1 is 1.47 bits per heavy atom. The highest BCUT2D eigenvalue weighted by Gasteiger charge is 2.30. The van der Waals surface area contributed by atoms with Crippen LogP contribution in [0, 0.1) is 11.6 Å². The van der Waals surface area contributed by atoms with E-state index in [1.165, 1.54) is 6.92 Å². The van der Waals surface area contributed by atoms with E-state index >= 15 is 0 Å². The fraction of sp³-hybridized carbons (Fsp3) is 0.300. The normalized spacial score (nSPS) is 14.7. The van der Waals surface area contributed by atoms with Crippen LogP contribution in [0.5, 0.6) is 0 Å². The van der Waals surface area contributed by atoms with Gasteiger partial charge in [0.05, 0.1) is 6.04 Å². The van der Waals surface area contributed by atoms with Crippen LogP contribution < -0.4 is 5.73 Å². The van der Waals surface area contributed by atoms with E-state index in [4.69, 9.17) is 10.9 Å². The van der Waals surface area contributed by atoms with Crippen LogP contribution in [0.2, 0.25) is 0 Å². The number of hydrogen-bond donors (Lipinski definition) is 2. The number of halogens is 2. The van der Waals surface area contributed by atoms with E-state index in [0.29, 0.717) is 16.4 Å². The minimum absolute atomic E-state index is 0.372. The molecule has 0 fully saturated rings. The van der Waals surface area contributed by atoms with E-state index in [1.54, 1.807) is 0 Å². The van der Waals surface area contributed by atoms with Crippen molar-refractivity contribution in [1.29, 1.82) is 0 Å². The van der Waals surface area contributed by atoms with Gasteiger partial charge in [-0.15, -0.1) is 0 Å². The third-order valence-electron chi connectivity index (χ3n) is 2.64. The van der Waals surface area contributed by atoms with Crippen molar-refractivity contribution in [3.8, 4) is 0 Å². The van der Waals surface area contributed by atoms with E-state index < -0.39 is 32.6 Å². The van der Waals surface area contributed by atoms with Crippen molar-refractivity contribution in [3.63, 3.8) is 0 Å². The van der Waals surface area contributed by atoms with E-state index in [2.05, 4.69) is 5.16 Å². The molecule has 1 atom stereocenters. The lowest BCUT2D eigenvalue weighted by Gasteiger charge is -2.23. The lowest BCUT2D eigenvalue weighted by atomic mass is 10.3. The summed E-state index contributed by atoms with van der Waals surface area (Å²) >= 11 is 0. The smallest absolute Gasteiger partial charge is 0.246 e. The molecule has 19 heavy (non-hydrogen) atoms. The molecule has 1 rings (SSSR count). The zero-order valence-electron chi connectivity index (χ0n) is 10.2. The lowest BCUT2D eigenvalue weighted by molar-refractivity contribution is 0.311. The van der Waals surface area contributed by atoms with Gasteiger partial charge in [0.15, 0.2) is 5.84 Å². The van der Waals surface area contributed by atoms with Crippen LogP contribution in [0.1, 0.15) is 6.92 Å². The van der Waals surface area contributed by atoms with Gasteiger partial charge in [0.25, 0.3) is 0 Å². The lowest BCUT2D eigenvalue weighted by Crippen LogP contribution is -2.43.